The van der Waals surface area contributed by atoms with Gasteiger partial charge in [-0.3, -0.25) is 9.59 Å². The first-order valence-electron chi connectivity index (χ1n) is 8.24. The lowest BCUT2D eigenvalue weighted by atomic mass is 10.0. The van der Waals surface area contributed by atoms with Crippen molar-refractivity contribution in [1.29, 1.82) is 0 Å². The molecule has 0 atom stereocenters. The van der Waals surface area contributed by atoms with E-state index in [1.807, 2.05) is 48.5 Å². The van der Waals surface area contributed by atoms with Crippen LogP contribution in [0.4, 0.5) is 0 Å². The van der Waals surface area contributed by atoms with Crippen molar-refractivity contribution in [2.24, 2.45) is 0 Å². The number of hydrogen-bond donors (Lipinski definition) is 0. The molecule has 0 N–H and O–H groups in total. The van der Waals surface area contributed by atoms with E-state index in [1.54, 1.807) is 0 Å². The lowest BCUT2D eigenvalue weighted by molar-refractivity contribution is -0.145. The van der Waals surface area contributed by atoms with Gasteiger partial charge in [0.2, 0.25) is 0 Å². The van der Waals surface area contributed by atoms with Crippen molar-refractivity contribution in [2.75, 3.05) is 11.8 Å². The number of esters is 2. The minimum atomic E-state index is -0.300. The summed E-state index contributed by atoms with van der Waals surface area (Å²) in [6.45, 7) is 0.477. The zero-order valence-corrected chi connectivity index (χ0v) is 15.8. The number of ether oxygens (including phenoxy) is 2. The Hall–Kier alpha value is -2.04. The van der Waals surface area contributed by atoms with E-state index in [9.17, 15) is 9.59 Å². The van der Waals surface area contributed by atoms with E-state index >= 15 is 0 Å². The molecule has 0 spiro atoms. The standard InChI is InChI=1S/C20H20Cl2O4/c21-11-9-19(23)25-13-15-1-5-17(6-2-15)18-7-3-16(4-8-18)14-26-20(24)10-12-22/h1-8H,9-14H2. The Morgan fingerprint density at radius 3 is 1.31 bits per heavy atom. The van der Waals surface area contributed by atoms with Gasteiger partial charge in [0, 0.05) is 11.8 Å². The number of carbonyl (C=O) groups excluding carboxylic acids is 2. The molecular formula is C20H20Cl2O4. The minimum absolute atomic E-state index is 0.215. The summed E-state index contributed by atoms with van der Waals surface area (Å²) in [6.07, 6.45) is 0.431. The molecule has 2 rings (SSSR count). The Kier molecular flexibility index (Phi) is 8.45. The van der Waals surface area contributed by atoms with Gasteiger partial charge in [0.05, 0.1) is 12.8 Å². The smallest absolute Gasteiger partial charge is 0.307 e. The van der Waals surface area contributed by atoms with Gasteiger partial charge < -0.3 is 9.47 Å². The van der Waals surface area contributed by atoms with Crippen molar-refractivity contribution in [2.45, 2.75) is 26.1 Å². The van der Waals surface area contributed by atoms with Crippen molar-refractivity contribution in [3.05, 3.63) is 59.7 Å². The minimum Gasteiger partial charge on any atom is -0.461 e. The largest absolute Gasteiger partial charge is 0.461 e. The monoisotopic (exact) mass is 394 g/mol. The maximum atomic E-state index is 11.3. The first-order chi connectivity index (χ1) is 12.6. The van der Waals surface area contributed by atoms with E-state index in [0.717, 1.165) is 22.3 Å². The summed E-state index contributed by atoms with van der Waals surface area (Å²) in [6, 6.07) is 15.6. The second-order valence-corrected chi connectivity index (χ2v) is 6.35. The Balaban J connectivity index is 1.90. The normalized spacial score (nSPS) is 10.4. The summed E-state index contributed by atoms with van der Waals surface area (Å²) in [5.41, 5.74) is 3.93. The highest BCUT2D eigenvalue weighted by atomic mass is 35.5. The molecule has 0 unspecified atom stereocenters. The molecule has 0 saturated carbocycles. The summed E-state index contributed by atoms with van der Waals surface area (Å²) in [5.74, 6) is -0.0721. The molecule has 2 aromatic rings. The summed E-state index contributed by atoms with van der Waals surface area (Å²) < 4.78 is 10.2. The number of hydrogen-bond acceptors (Lipinski definition) is 4. The SMILES string of the molecule is O=C(CCCl)OCc1ccc(-c2ccc(COC(=O)CCCl)cc2)cc1. The Morgan fingerprint density at radius 1 is 0.654 bits per heavy atom. The summed E-state index contributed by atoms with van der Waals surface area (Å²) in [4.78, 5) is 22.6. The third kappa shape index (κ3) is 6.70. The Labute approximate surface area is 163 Å². The molecule has 0 saturated heterocycles. The number of carbonyl (C=O) groups is 2. The van der Waals surface area contributed by atoms with Crippen molar-refractivity contribution < 1.29 is 19.1 Å². The van der Waals surface area contributed by atoms with Crippen molar-refractivity contribution in [1.82, 2.24) is 0 Å². The van der Waals surface area contributed by atoms with Crippen LogP contribution >= 0.6 is 23.2 Å². The molecule has 0 aliphatic carbocycles. The van der Waals surface area contributed by atoms with Gasteiger partial charge >= 0.3 is 11.9 Å². The molecule has 6 heteroatoms. The molecule has 0 amide bonds. The maximum absolute atomic E-state index is 11.3. The molecule has 0 bridgehead atoms. The molecular weight excluding hydrogens is 375 g/mol. The van der Waals surface area contributed by atoms with Crippen molar-refractivity contribution in [3.8, 4) is 11.1 Å². The molecule has 0 aromatic heterocycles. The molecule has 2 aromatic carbocycles. The van der Waals surface area contributed by atoms with Crippen LogP contribution in [0.3, 0.4) is 0 Å². The quantitative estimate of drug-likeness (QED) is 0.456. The number of rotatable bonds is 9. The number of halogens is 2. The Morgan fingerprint density at radius 2 is 1.00 bits per heavy atom. The maximum Gasteiger partial charge on any atom is 0.307 e. The summed E-state index contributed by atoms with van der Waals surface area (Å²) >= 11 is 11.0. The van der Waals surface area contributed by atoms with Gasteiger partial charge in [-0.25, -0.2) is 0 Å². The average molecular weight is 395 g/mol. The fourth-order valence-electron chi connectivity index (χ4n) is 2.21. The van der Waals surface area contributed by atoms with Crippen LogP contribution in [0.15, 0.2) is 48.5 Å². The van der Waals surface area contributed by atoms with E-state index < -0.39 is 0 Å². The molecule has 0 heterocycles. The summed E-state index contributed by atoms with van der Waals surface area (Å²) in [7, 11) is 0. The third-order valence-electron chi connectivity index (χ3n) is 3.64. The van der Waals surface area contributed by atoms with Gasteiger partial charge in [0.1, 0.15) is 13.2 Å². The highest BCUT2D eigenvalue weighted by molar-refractivity contribution is 6.19. The van der Waals surface area contributed by atoms with Gasteiger partial charge in [0.15, 0.2) is 0 Å². The molecule has 0 aliphatic heterocycles. The van der Waals surface area contributed by atoms with Crippen molar-refractivity contribution in [3.63, 3.8) is 0 Å². The van der Waals surface area contributed by atoms with Gasteiger partial charge in [-0.1, -0.05) is 48.5 Å². The van der Waals surface area contributed by atoms with E-state index in [0.29, 0.717) is 0 Å². The highest BCUT2D eigenvalue weighted by Crippen LogP contribution is 2.21. The zero-order valence-electron chi connectivity index (χ0n) is 14.3. The van der Waals surface area contributed by atoms with Gasteiger partial charge in [-0.2, -0.15) is 0 Å². The van der Waals surface area contributed by atoms with Crippen molar-refractivity contribution >= 4 is 35.1 Å². The molecule has 26 heavy (non-hydrogen) atoms. The number of benzene rings is 2. The van der Waals surface area contributed by atoms with Crippen LogP contribution in [0.25, 0.3) is 11.1 Å². The third-order valence-corrected chi connectivity index (χ3v) is 4.02. The van der Waals surface area contributed by atoms with Gasteiger partial charge in [0.25, 0.3) is 0 Å². The van der Waals surface area contributed by atoms with Gasteiger partial charge in [-0.15, -0.1) is 23.2 Å². The highest BCUT2D eigenvalue weighted by Gasteiger charge is 2.05. The molecule has 138 valence electrons. The Bertz CT molecular complexity index is 648. The molecule has 0 radical (unpaired) electrons. The van der Waals surface area contributed by atoms with Crippen LogP contribution in [0, 0.1) is 0 Å². The van der Waals surface area contributed by atoms with E-state index in [1.165, 1.54) is 0 Å². The van der Waals surface area contributed by atoms with Crippen LogP contribution in [-0.4, -0.2) is 23.7 Å². The average Bonchev–Trinajstić information content (AvgIpc) is 2.66. The first-order valence-corrected chi connectivity index (χ1v) is 9.30. The topological polar surface area (TPSA) is 52.6 Å². The molecule has 4 nitrogen and oxygen atoms in total. The molecule has 0 aliphatic rings. The van der Waals surface area contributed by atoms with Crippen LogP contribution in [0.1, 0.15) is 24.0 Å². The van der Waals surface area contributed by atoms with Gasteiger partial charge in [-0.05, 0) is 22.3 Å². The second kappa shape index (κ2) is 10.8. The zero-order chi connectivity index (χ0) is 18.8. The van der Waals surface area contributed by atoms with Crippen LogP contribution < -0.4 is 0 Å². The van der Waals surface area contributed by atoms with E-state index in [-0.39, 0.29) is 49.8 Å². The predicted molar refractivity (Wildman–Crippen MR) is 102 cm³/mol. The van der Waals surface area contributed by atoms with Crippen LogP contribution in [0.5, 0.6) is 0 Å². The van der Waals surface area contributed by atoms with Crippen LogP contribution in [-0.2, 0) is 32.3 Å². The lowest BCUT2D eigenvalue weighted by Crippen LogP contribution is -2.04. The van der Waals surface area contributed by atoms with E-state index in [2.05, 4.69) is 0 Å². The predicted octanol–water partition coefficient (Wildman–Crippen LogP) is 4.70. The number of alkyl halides is 2. The fourth-order valence-corrected chi connectivity index (χ4v) is 2.52. The molecule has 0 fully saturated rings. The van der Waals surface area contributed by atoms with E-state index in [4.69, 9.17) is 32.7 Å². The second-order valence-electron chi connectivity index (χ2n) is 5.59. The first kappa shape index (κ1) is 20.3. The summed E-state index contributed by atoms with van der Waals surface area (Å²) in [5, 5.41) is 0. The lowest BCUT2D eigenvalue weighted by Gasteiger charge is -2.07. The fraction of sp³-hybridized carbons (Fsp3) is 0.300. The van der Waals surface area contributed by atoms with Crippen LogP contribution in [0.2, 0.25) is 0 Å².